The van der Waals surface area contributed by atoms with Crippen LogP contribution in [0.2, 0.25) is 0 Å². The summed E-state index contributed by atoms with van der Waals surface area (Å²) in [4.78, 5) is 15.4. The highest BCUT2D eigenvalue weighted by atomic mass is 16.5. The van der Waals surface area contributed by atoms with Crippen LogP contribution in [-0.2, 0) is 13.0 Å². The predicted molar refractivity (Wildman–Crippen MR) is 109 cm³/mol. The maximum Gasteiger partial charge on any atom is 0.252 e. The lowest BCUT2D eigenvalue weighted by Crippen LogP contribution is -2.23. The summed E-state index contributed by atoms with van der Waals surface area (Å²) in [6, 6.07) is 12.0. The first-order valence-electron chi connectivity index (χ1n) is 9.08. The topological polar surface area (TPSA) is 63.3 Å². The molecule has 27 heavy (non-hydrogen) atoms. The van der Waals surface area contributed by atoms with Crippen LogP contribution in [0.1, 0.15) is 22.3 Å². The number of pyridine rings is 1. The molecule has 0 radical (unpaired) electrons. The van der Waals surface area contributed by atoms with Gasteiger partial charge in [-0.2, -0.15) is 0 Å². The van der Waals surface area contributed by atoms with Gasteiger partial charge in [-0.3, -0.25) is 4.79 Å². The molecular formula is C22H26N2O3. The first-order valence-corrected chi connectivity index (χ1v) is 9.08. The summed E-state index contributed by atoms with van der Waals surface area (Å²) in [5, 5.41) is 4.41. The number of aromatic amines is 1. The fourth-order valence-corrected chi connectivity index (χ4v) is 3.30. The maximum atomic E-state index is 12.4. The lowest BCUT2D eigenvalue weighted by Gasteiger charge is -2.13. The van der Waals surface area contributed by atoms with Crippen LogP contribution in [0.25, 0.3) is 10.9 Å². The summed E-state index contributed by atoms with van der Waals surface area (Å²) in [5.41, 5.74) is 4.99. The summed E-state index contributed by atoms with van der Waals surface area (Å²) in [6.07, 6.45) is 0.782. The minimum absolute atomic E-state index is 0.0392. The van der Waals surface area contributed by atoms with Crippen LogP contribution in [0, 0.1) is 13.8 Å². The quantitative estimate of drug-likeness (QED) is 0.628. The van der Waals surface area contributed by atoms with E-state index in [4.69, 9.17) is 9.47 Å². The third kappa shape index (κ3) is 3.98. The zero-order valence-corrected chi connectivity index (χ0v) is 16.3. The highest BCUT2D eigenvalue weighted by Crippen LogP contribution is 2.30. The second-order valence-electron chi connectivity index (χ2n) is 6.67. The van der Waals surface area contributed by atoms with E-state index in [0.717, 1.165) is 52.1 Å². The number of fused-ring (bicyclic) bond motifs is 1. The fraction of sp³-hybridized carbons (Fsp3) is 0.318. The van der Waals surface area contributed by atoms with Gasteiger partial charge in [-0.05, 0) is 61.0 Å². The van der Waals surface area contributed by atoms with Crippen molar-refractivity contribution in [2.24, 2.45) is 0 Å². The van der Waals surface area contributed by atoms with E-state index in [1.54, 1.807) is 14.2 Å². The number of hydrogen-bond donors (Lipinski definition) is 2. The van der Waals surface area contributed by atoms with E-state index in [1.165, 1.54) is 5.56 Å². The Balaban J connectivity index is 1.69. The average Bonchev–Trinajstić information content (AvgIpc) is 2.68. The molecule has 0 bridgehead atoms. The minimum Gasteiger partial charge on any atom is -0.493 e. The van der Waals surface area contributed by atoms with Crippen molar-refractivity contribution in [3.8, 4) is 11.5 Å². The van der Waals surface area contributed by atoms with E-state index in [0.29, 0.717) is 6.54 Å². The van der Waals surface area contributed by atoms with Crippen LogP contribution in [-0.4, -0.2) is 25.7 Å². The minimum atomic E-state index is -0.0392. The van der Waals surface area contributed by atoms with Crippen LogP contribution in [0.3, 0.4) is 0 Å². The van der Waals surface area contributed by atoms with E-state index in [-0.39, 0.29) is 5.56 Å². The van der Waals surface area contributed by atoms with Gasteiger partial charge < -0.3 is 19.8 Å². The Kier molecular flexibility index (Phi) is 5.81. The number of nitrogens with one attached hydrogen (secondary N) is 2. The van der Waals surface area contributed by atoms with Gasteiger partial charge in [0.2, 0.25) is 0 Å². The van der Waals surface area contributed by atoms with Crippen molar-refractivity contribution in [1.82, 2.24) is 10.3 Å². The molecule has 5 nitrogen and oxygen atoms in total. The van der Waals surface area contributed by atoms with Crippen molar-refractivity contribution >= 4 is 10.9 Å². The van der Waals surface area contributed by atoms with Crippen molar-refractivity contribution in [3.05, 3.63) is 69.0 Å². The molecule has 0 saturated heterocycles. The number of aryl methyl sites for hydroxylation is 2. The Morgan fingerprint density at radius 1 is 1.04 bits per heavy atom. The van der Waals surface area contributed by atoms with Gasteiger partial charge in [-0.15, -0.1) is 0 Å². The van der Waals surface area contributed by atoms with Crippen LogP contribution < -0.4 is 20.3 Å². The molecule has 0 fully saturated rings. The SMILES string of the molecule is COc1cccc(CCNCc2cc3ccc(C)c(C)c3[nH]c2=O)c1OC. The van der Waals surface area contributed by atoms with E-state index < -0.39 is 0 Å². The first kappa shape index (κ1) is 19.0. The van der Waals surface area contributed by atoms with E-state index in [9.17, 15) is 4.79 Å². The molecule has 2 N–H and O–H groups in total. The monoisotopic (exact) mass is 366 g/mol. The van der Waals surface area contributed by atoms with Crippen molar-refractivity contribution in [1.29, 1.82) is 0 Å². The van der Waals surface area contributed by atoms with Gasteiger partial charge in [0.05, 0.1) is 19.7 Å². The maximum absolute atomic E-state index is 12.4. The lowest BCUT2D eigenvalue weighted by molar-refractivity contribution is 0.351. The number of rotatable bonds is 7. The molecule has 1 heterocycles. The molecule has 142 valence electrons. The van der Waals surface area contributed by atoms with Crippen LogP contribution in [0.4, 0.5) is 0 Å². The van der Waals surface area contributed by atoms with Gasteiger partial charge >= 0.3 is 0 Å². The zero-order chi connectivity index (χ0) is 19.4. The number of methoxy groups -OCH3 is 2. The van der Waals surface area contributed by atoms with Gasteiger partial charge in [0.25, 0.3) is 5.56 Å². The Morgan fingerprint density at radius 3 is 2.59 bits per heavy atom. The average molecular weight is 366 g/mol. The molecule has 0 spiro atoms. The largest absolute Gasteiger partial charge is 0.493 e. The molecule has 1 aromatic heterocycles. The summed E-state index contributed by atoms with van der Waals surface area (Å²) < 4.78 is 10.8. The summed E-state index contributed by atoms with van der Waals surface area (Å²) in [5.74, 6) is 1.49. The van der Waals surface area contributed by atoms with Gasteiger partial charge in [-0.25, -0.2) is 0 Å². The van der Waals surface area contributed by atoms with Crippen LogP contribution >= 0.6 is 0 Å². The van der Waals surface area contributed by atoms with Gasteiger partial charge in [0, 0.05) is 12.1 Å². The van der Waals surface area contributed by atoms with E-state index in [2.05, 4.69) is 29.4 Å². The summed E-state index contributed by atoms with van der Waals surface area (Å²) >= 11 is 0. The number of hydrogen-bond acceptors (Lipinski definition) is 4. The van der Waals surface area contributed by atoms with Gasteiger partial charge in [0.1, 0.15) is 0 Å². The molecular weight excluding hydrogens is 340 g/mol. The molecule has 5 heteroatoms. The third-order valence-corrected chi connectivity index (χ3v) is 5.00. The second kappa shape index (κ2) is 8.27. The lowest BCUT2D eigenvalue weighted by atomic mass is 10.0. The van der Waals surface area contributed by atoms with Crippen LogP contribution in [0.5, 0.6) is 11.5 Å². The molecule has 3 rings (SSSR count). The molecule has 3 aromatic rings. The zero-order valence-electron chi connectivity index (χ0n) is 16.3. The van der Waals surface area contributed by atoms with Gasteiger partial charge in [-0.1, -0.05) is 24.3 Å². The summed E-state index contributed by atoms with van der Waals surface area (Å²) in [7, 11) is 3.28. The highest BCUT2D eigenvalue weighted by Gasteiger charge is 2.10. The normalized spacial score (nSPS) is 11.0. The Morgan fingerprint density at radius 2 is 1.85 bits per heavy atom. The molecule has 0 aliphatic rings. The van der Waals surface area contributed by atoms with Crippen molar-refractivity contribution in [2.75, 3.05) is 20.8 Å². The number of para-hydroxylation sites is 1. The Hall–Kier alpha value is -2.79. The van der Waals surface area contributed by atoms with Crippen LogP contribution in [0.15, 0.2) is 41.2 Å². The van der Waals surface area contributed by atoms with Crippen molar-refractivity contribution in [3.63, 3.8) is 0 Å². The van der Waals surface area contributed by atoms with Gasteiger partial charge in [0.15, 0.2) is 11.5 Å². The molecule has 0 aliphatic heterocycles. The molecule has 0 atom stereocenters. The standard InChI is InChI=1S/C22H26N2O3/c1-14-8-9-17-12-18(22(25)24-20(17)15(14)2)13-23-11-10-16-6-5-7-19(26-3)21(16)27-4/h5-9,12,23H,10-11,13H2,1-4H3,(H,24,25). The molecule has 2 aromatic carbocycles. The van der Waals surface area contributed by atoms with Crippen molar-refractivity contribution in [2.45, 2.75) is 26.8 Å². The number of ether oxygens (including phenoxy) is 2. The molecule has 0 amide bonds. The Labute approximate surface area is 159 Å². The number of aromatic nitrogens is 1. The Bertz CT molecular complexity index is 1010. The van der Waals surface area contributed by atoms with E-state index >= 15 is 0 Å². The predicted octanol–water partition coefficient (Wildman–Crippen LogP) is 3.49. The van der Waals surface area contributed by atoms with Crippen molar-refractivity contribution < 1.29 is 9.47 Å². The molecule has 0 unspecified atom stereocenters. The molecule has 0 saturated carbocycles. The number of H-pyrrole nitrogens is 1. The van der Waals surface area contributed by atoms with E-state index in [1.807, 2.05) is 31.2 Å². The number of benzene rings is 2. The summed E-state index contributed by atoms with van der Waals surface area (Å²) in [6.45, 7) is 5.33. The fourth-order valence-electron chi connectivity index (χ4n) is 3.30. The first-order chi connectivity index (χ1) is 13.0. The second-order valence-corrected chi connectivity index (χ2v) is 6.67. The highest BCUT2D eigenvalue weighted by molar-refractivity contribution is 5.83. The smallest absolute Gasteiger partial charge is 0.252 e. The molecule has 0 aliphatic carbocycles. The third-order valence-electron chi connectivity index (χ3n) is 5.00.